The molecule has 32 heavy (non-hydrogen) atoms. The molecule has 9 heteroatoms. The van der Waals surface area contributed by atoms with Gasteiger partial charge < -0.3 is 10.2 Å². The lowest BCUT2D eigenvalue weighted by Crippen LogP contribution is -2.12. The maximum Gasteiger partial charge on any atom is 0.269 e. The van der Waals surface area contributed by atoms with Crippen LogP contribution < -0.4 is 5.73 Å². The molecule has 2 heterocycles. The topological polar surface area (TPSA) is 141 Å². The highest BCUT2D eigenvalue weighted by molar-refractivity contribution is 6.01. The number of nitro benzene ring substituents is 1. The summed E-state index contributed by atoms with van der Waals surface area (Å²) >= 11 is 0. The number of aromatic nitrogens is 2. The van der Waals surface area contributed by atoms with E-state index < -0.39 is 10.8 Å². The van der Waals surface area contributed by atoms with Crippen molar-refractivity contribution < 1.29 is 14.1 Å². The number of rotatable bonds is 6. The summed E-state index contributed by atoms with van der Waals surface area (Å²) in [5.41, 5.74) is 7.33. The first-order chi connectivity index (χ1) is 15.5. The van der Waals surface area contributed by atoms with Gasteiger partial charge in [-0.15, -0.1) is 0 Å². The van der Waals surface area contributed by atoms with E-state index in [1.54, 1.807) is 41.2 Å². The maximum absolute atomic E-state index is 11.6. The normalized spacial score (nSPS) is 11.2. The molecule has 2 N–H and O–H groups in total. The third-order valence-electron chi connectivity index (χ3n) is 4.65. The van der Waals surface area contributed by atoms with Crippen LogP contribution in [0.15, 0.2) is 82.9 Å². The molecule has 0 unspecified atom stereocenters. The van der Waals surface area contributed by atoms with Crippen molar-refractivity contribution in [3.63, 3.8) is 0 Å². The van der Waals surface area contributed by atoms with Crippen molar-refractivity contribution in [2.75, 3.05) is 0 Å². The molecule has 0 spiro atoms. The van der Waals surface area contributed by atoms with Crippen LogP contribution in [-0.2, 0) is 4.79 Å². The summed E-state index contributed by atoms with van der Waals surface area (Å²) in [6.45, 7) is 0. The molecule has 2 aromatic heterocycles. The average Bonchev–Trinajstić information content (AvgIpc) is 3.45. The van der Waals surface area contributed by atoms with E-state index in [2.05, 4.69) is 5.10 Å². The molecule has 156 valence electrons. The van der Waals surface area contributed by atoms with E-state index in [0.29, 0.717) is 28.3 Å². The van der Waals surface area contributed by atoms with E-state index in [-0.39, 0.29) is 11.3 Å². The van der Waals surface area contributed by atoms with Gasteiger partial charge in [-0.25, -0.2) is 4.68 Å². The Morgan fingerprint density at radius 2 is 1.78 bits per heavy atom. The molecular formula is C23H15N5O4. The van der Waals surface area contributed by atoms with Crippen molar-refractivity contribution in [1.82, 2.24) is 9.78 Å². The molecule has 4 rings (SSSR count). The summed E-state index contributed by atoms with van der Waals surface area (Å²) in [6, 6.07) is 20.5. The maximum atomic E-state index is 11.6. The summed E-state index contributed by atoms with van der Waals surface area (Å²) < 4.78 is 7.55. The molecule has 0 aliphatic carbocycles. The minimum absolute atomic E-state index is 0.0231. The highest BCUT2D eigenvalue weighted by atomic mass is 16.6. The predicted octanol–water partition coefficient (Wildman–Crippen LogP) is 4.10. The third-order valence-corrected chi connectivity index (χ3v) is 4.65. The number of nitrogens with zero attached hydrogens (tertiary/aromatic N) is 4. The van der Waals surface area contributed by atoms with Gasteiger partial charge >= 0.3 is 0 Å². The number of nitrogens with two attached hydrogens (primary N) is 1. The van der Waals surface area contributed by atoms with Gasteiger partial charge in [-0.05, 0) is 42.5 Å². The molecule has 0 radical (unpaired) electrons. The molecule has 9 nitrogen and oxygen atoms in total. The lowest BCUT2D eigenvalue weighted by molar-refractivity contribution is -0.384. The number of furan rings is 1. The number of para-hydroxylation sites is 1. The molecule has 0 atom stereocenters. The molecular weight excluding hydrogens is 410 g/mol. The van der Waals surface area contributed by atoms with E-state index in [9.17, 15) is 20.2 Å². The number of non-ortho nitro benzene ring substituents is 1. The van der Waals surface area contributed by atoms with Crippen molar-refractivity contribution in [2.45, 2.75) is 0 Å². The largest absolute Gasteiger partial charge is 0.454 e. The van der Waals surface area contributed by atoms with E-state index in [0.717, 1.165) is 5.69 Å². The van der Waals surface area contributed by atoms with E-state index in [1.165, 1.54) is 18.2 Å². The van der Waals surface area contributed by atoms with Crippen molar-refractivity contribution in [2.24, 2.45) is 5.73 Å². The Labute approximate surface area is 181 Å². The molecule has 0 saturated heterocycles. The van der Waals surface area contributed by atoms with Crippen molar-refractivity contribution in [3.05, 3.63) is 94.2 Å². The summed E-state index contributed by atoms with van der Waals surface area (Å²) in [5, 5.41) is 24.7. The molecule has 4 aromatic rings. The fourth-order valence-electron chi connectivity index (χ4n) is 3.08. The molecule has 2 aromatic carbocycles. The summed E-state index contributed by atoms with van der Waals surface area (Å²) in [7, 11) is 0. The van der Waals surface area contributed by atoms with Crippen LogP contribution in [-0.4, -0.2) is 20.6 Å². The van der Waals surface area contributed by atoms with Gasteiger partial charge in [0.1, 0.15) is 23.1 Å². The van der Waals surface area contributed by atoms with Crippen LogP contribution in [0.2, 0.25) is 0 Å². The molecule has 0 fully saturated rings. The van der Waals surface area contributed by atoms with Crippen molar-refractivity contribution in [1.29, 1.82) is 5.26 Å². The number of carbonyl (C=O) groups excluding carboxylic acids is 1. The smallest absolute Gasteiger partial charge is 0.269 e. The zero-order valence-corrected chi connectivity index (χ0v) is 16.5. The standard InChI is InChI=1S/C23H15N5O4/c24-13-16(23(25)29)12-17-14-27(18-4-2-1-3-5-18)26-22(17)21-11-10-20(32-21)15-6-8-19(9-7-15)28(30)31/h1-12,14H,(H2,25,29)/b16-12+. The number of hydrogen-bond acceptors (Lipinski definition) is 6. The second-order valence-electron chi connectivity index (χ2n) is 6.72. The van der Waals surface area contributed by atoms with Crippen molar-refractivity contribution in [3.8, 4) is 34.5 Å². The van der Waals surface area contributed by atoms with E-state index in [4.69, 9.17) is 10.2 Å². The fraction of sp³-hybridized carbons (Fsp3) is 0. The Kier molecular flexibility index (Phi) is 5.34. The van der Waals surface area contributed by atoms with Crippen LogP contribution in [0.1, 0.15) is 5.56 Å². The van der Waals surface area contributed by atoms with Gasteiger partial charge in [0, 0.05) is 29.5 Å². The van der Waals surface area contributed by atoms with Gasteiger partial charge in [0.05, 0.1) is 10.6 Å². The number of nitro groups is 1. The molecule has 0 bridgehead atoms. The molecule has 1 amide bonds. The number of primary amides is 1. The number of benzene rings is 2. The first-order valence-electron chi connectivity index (χ1n) is 9.38. The minimum atomic E-state index is -0.850. The zero-order valence-electron chi connectivity index (χ0n) is 16.5. The van der Waals surface area contributed by atoms with Gasteiger partial charge in [0.25, 0.3) is 11.6 Å². The second kappa shape index (κ2) is 8.41. The lowest BCUT2D eigenvalue weighted by atomic mass is 10.1. The fourth-order valence-corrected chi connectivity index (χ4v) is 3.08. The first-order valence-corrected chi connectivity index (χ1v) is 9.38. The highest BCUT2D eigenvalue weighted by Crippen LogP contribution is 2.32. The van der Waals surface area contributed by atoms with E-state index in [1.807, 2.05) is 30.3 Å². The SMILES string of the molecule is N#C/C(=C\c1cn(-c2ccccc2)nc1-c1ccc(-c2ccc([N+](=O)[O-])cc2)o1)C(N)=O. The third kappa shape index (κ3) is 4.01. The van der Waals surface area contributed by atoms with Crippen LogP contribution >= 0.6 is 0 Å². The van der Waals surface area contributed by atoms with Crippen LogP contribution in [0.5, 0.6) is 0 Å². The molecule has 0 saturated carbocycles. The van der Waals surface area contributed by atoms with Crippen LogP contribution in [0.3, 0.4) is 0 Å². The number of hydrogen-bond donors (Lipinski definition) is 1. The predicted molar refractivity (Wildman–Crippen MR) is 116 cm³/mol. The van der Waals surface area contributed by atoms with Crippen LogP contribution in [0.4, 0.5) is 5.69 Å². The van der Waals surface area contributed by atoms with Gasteiger partial charge in [-0.1, -0.05) is 18.2 Å². The molecule has 0 aliphatic rings. The number of carbonyl (C=O) groups is 1. The highest BCUT2D eigenvalue weighted by Gasteiger charge is 2.17. The zero-order chi connectivity index (χ0) is 22.7. The average molecular weight is 425 g/mol. The van der Waals surface area contributed by atoms with Gasteiger partial charge in [-0.3, -0.25) is 14.9 Å². The Morgan fingerprint density at radius 3 is 2.41 bits per heavy atom. The van der Waals surface area contributed by atoms with Gasteiger partial charge in [0.2, 0.25) is 0 Å². The van der Waals surface area contributed by atoms with Gasteiger partial charge in [0.15, 0.2) is 5.76 Å². The Balaban J connectivity index is 1.79. The van der Waals surface area contributed by atoms with Crippen molar-refractivity contribution >= 4 is 17.7 Å². The van der Waals surface area contributed by atoms with Crippen LogP contribution in [0, 0.1) is 21.4 Å². The van der Waals surface area contributed by atoms with Gasteiger partial charge in [-0.2, -0.15) is 10.4 Å². The number of amides is 1. The summed E-state index contributed by atoms with van der Waals surface area (Å²) in [4.78, 5) is 21.9. The quantitative estimate of drug-likeness (QED) is 0.213. The second-order valence-corrected chi connectivity index (χ2v) is 6.72. The Hall–Kier alpha value is -4.97. The van der Waals surface area contributed by atoms with Crippen LogP contribution in [0.25, 0.3) is 34.5 Å². The molecule has 0 aliphatic heterocycles. The number of nitriles is 1. The summed E-state index contributed by atoms with van der Waals surface area (Å²) in [6.07, 6.45) is 3.02. The summed E-state index contributed by atoms with van der Waals surface area (Å²) in [5.74, 6) is 0.0208. The van der Waals surface area contributed by atoms with E-state index >= 15 is 0 Å². The lowest BCUT2D eigenvalue weighted by Gasteiger charge is -1.99. The monoisotopic (exact) mass is 425 g/mol. The minimum Gasteiger partial charge on any atom is -0.454 e. The Bertz CT molecular complexity index is 1380. The Morgan fingerprint density at radius 1 is 1.09 bits per heavy atom. The first kappa shape index (κ1) is 20.3.